The van der Waals surface area contributed by atoms with E-state index in [1.165, 1.54) is 4.90 Å². The maximum atomic E-state index is 13.0. The average molecular weight is 402 g/mol. The molecular weight excluding hydrogens is 370 g/mol. The lowest BCUT2D eigenvalue weighted by atomic mass is 10.2. The molecule has 0 aliphatic heterocycles. The van der Waals surface area contributed by atoms with Crippen molar-refractivity contribution in [3.63, 3.8) is 0 Å². The smallest absolute Gasteiger partial charge is 0.322 e. The van der Waals surface area contributed by atoms with Gasteiger partial charge in [0.25, 0.3) is 0 Å². The normalized spacial score (nSPS) is 10.8. The second-order valence-electron chi connectivity index (χ2n) is 7.34. The van der Waals surface area contributed by atoms with E-state index in [1.54, 1.807) is 12.0 Å². The van der Waals surface area contributed by atoms with Crippen molar-refractivity contribution >= 4 is 17.6 Å². The summed E-state index contributed by atoms with van der Waals surface area (Å²) in [6, 6.07) is 10.8. The van der Waals surface area contributed by atoms with Crippen molar-refractivity contribution in [1.29, 1.82) is 0 Å². The minimum atomic E-state index is -0.308. The zero-order valence-electron chi connectivity index (χ0n) is 17.9. The van der Waals surface area contributed by atoms with Gasteiger partial charge in [-0.3, -0.25) is 4.79 Å². The molecule has 7 heteroatoms. The quantitative estimate of drug-likeness (QED) is 0.693. The van der Waals surface area contributed by atoms with E-state index in [2.05, 4.69) is 5.32 Å². The van der Waals surface area contributed by atoms with Gasteiger partial charge in [0.2, 0.25) is 5.91 Å². The summed E-state index contributed by atoms with van der Waals surface area (Å²) in [6.07, 6.45) is 0. The molecule has 0 saturated carbocycles. The van der Waals surface area contributed by atoms with Gasteiger partial charge in [0.15, 0.2) is 0 Å². The first-order chi connectivity index (χ1) is 13.8. The highest BCUT2D eigenvalue weighted by molar-refractivity contribution is 5.92. The number of carbonyl (C=O) groups excluding carboxylic acids is 2. The largest absolute Gasteiger partial charge is 0.464 e. The lowest BCUT2D eigenvalue weighted by Crippen LogP contribution is -2.47. The Labute approximate surface area is 172 Å². The number of nitrogens with one attached hydrogen (secondary N) is 1. The Hall–Kier alpha value is -2.80. The molecule has 0 radical (unpaired) electrons. The zero-order valence-corrected chi connectivity index (χ0v) is 17.9. The molecule has 0 aliphatic carbocycles. The molecule has 1 heterocycles. The van der Waals surface area contributed by atoms with Gasteiger partial charge in [-0.05, 0) is 52.0 Å². The summed E-state index contributed by atoms with van der Waals surface area (Å²) in [5.74, 6) is 1.33. The van der Waals surface area contributed by atoms with Gasteiger partial charge < -0.3 is 24.3 Å². The third kappa shape index (κ3) is 6.94. The van der Waals surface area contributed by atoms with Crippen LogP contribution in [0.3, 0.4) is 0 Å². The minimum absolute atomic E-state index is 0.0290. The molecule has 2 aromatic rings. The molecule has 0 bridgehead atoms. The van der Waals surface area contributed by atoms with Crippen LogP contribution in [0.5, 0.6) is 0 Å². The fraction of sp³-hybridized carbons (Fsp3) is 0.455. The molecule has 3 amide bonds. The monoisotopic (exact) mass is 401 g/mol. The number of nitrogens with zero attached hydrogens (tertiary/aromatic N) is 2. The third-order valence-corrected chi connectivity index (χ3v) is 4.55. The molecule has 0 fully saturated rings. The standard InChI is InChI=1S/C22H31N3O4/c1-16(2)25(22(27)23-19-9-6-17(3)7-10-19)15-21(26)24(12-13-28-5)14-20-11-8-18(4)29-20/h6-11,16H,12-15H2,1-5H3,(H,23,27). The number of anilines is 1. The number of urea groups is 1. The van der Waals surface area contributed by atoms with E-state index >= 15 is 0 Å². The molecule has 7 nitrogen and oxygen atoms in total. The number of rotatable bonds is 9. The van der Waals surface area contributed by atoms with Crippen LogP contribution in [0, 0.1) is 13.8 Å². The van der Waals surface area contributed by atoms with Crippen molar-refractivity contribution in [3.8, 4) is 0 Å². The molecule has 158 valence electrons. The van der Waals surface area contributed by atoms with Gasteiger partial charge in [-0.25, -0.2) is 4.79 Å². The van der Waals surface area contributed by atoms with Crippen LogP contribution in [0.2, 0.25) is 0 Å². The van der Waals surface area contributed by atoms with Gasteiger partial charge in [-0.15, -0.1) is 0 Å². The predicted molar refractivity (Wildman–Crippen MR) is 113 cm³/mol. The van der Waals surface area contributed by atoms with Crippen molar-refractivity contribution < 1.29 is 18.7 Å². The number of amides is 3. The van der Waals surface area contributed by atoms with E-state index in [0.717, 1.165) is 11.3 Å². The number of methoxy groups -OCH3 is 1. The van der Waals surface area contributed by atoms with Crippen LogP contribution in [0.1, 0.15) is 30.9 Å². The van der Waals surface area contributed by atoms with Crippen molar-refractivity contribution in [1.82, 2.24) is 9.80 Å². The number of hydrogen-bond donors (Lipinski definition) is 1. The Morgan fingerprint density at radius 2 is 1.79 bits per heavy atom. The van der Waals surface area contributed by atoms with Gasteiger partial charge in [0.1, 0.15) is 18.1 Å². The van der Waals surface area contributed by atoms with E-state index in [9.17, 15) is 9.59 Å². The van der Waals surface area contributed by atoms with Crippen molar-refractivity contribution in [2.75, 3.05) is 32.1 Å². The fourth-order valence-corrected chi connectivity index (χ4v) is 2.82. The Morgan fingerprint density at radius 3 is 2.34 bits per heavy atom. The Kier molecular flexibility index (Phi) is 8.27. The van der Waals surface area contributed by atoms with E-state index < -0.39 is 0 Å². The van der Waals surface area contributed by atoms with E-state index in [1.807, 2.05) is 64.1 Å². The van der Waals surface area contributed by atoms with E-state index in [4.69, 9.17) is 9.15 Å². The minimum Gasteiger partial charge on any atom is -0.464 e. The predicted octanol–water partition coefficient (Wildman–Crippen LogP) is 3.81. The van der Waals surface area contributed by atoms with Crippen LogP contribution in [-0.4, -0.2) is 54.6 Å². The molecule has 1 N–H and O–H groups in total. The molecule has 29 heavy (non-hydrogen) atoms. The molecule has 0 spiro atoms. The summed E-state index contributed by atoms with van der Waals surface area (Å²) < 4.78 is 10.7. The molecule has 0 saturated heterocycles. The van der Waals surface area contributed by atoms with Gasteiger partial charge in [-0.2, -0.15) is 0 Å². The number of benzene rings is 1. The molecule has 2 rings (SSSR count). The first-order valence-corrected chi connectivity index (χ1v) is 9.76. The Morgan fingerprint density at radius 1 is 1.10 bits per heavy atom. The molecule has 0 aliphatic rings. The Bertz CT molecular complexity index is 799. The summed E-state index contributed by atoms with van der Waals surface area (Å²) in [5.41, 5.74) is 1.81. The molecule has 0 atom stereocenters. The fourth-order valence-electron chi connectivity index (χ4n) is 2.82. The number of ether oxygens (including phenoxy) is 1. The van der Waals surface area contributed by atoms with E-state index in [0.29, 0.717) is 31.1 Å². The van der Waals surface area contributed by atoms with Crippen LogP contribution < -0.4 is 5.32 Å². The van der Waals surface area contributed by atoms with Crippen LogP contribution in [0.15, 0.2) is 40.8 Å². The van der Waals surface area contributed by atoms with Crippen molar-refractivity contribution in [2.24, 2.45) is 0 Å². The highest BCUT2D eigenvalue weighted by Crippen LogP contribution is 2.13. The summed E-state index contributed by atoms with van der Waals surface area (Å²) in [5, 5.41) is 2.86. The second kappa shape index (κ2) is 10.7. The van der Waals surface area contributed by atoms with Crippen molar-refractivity contribution in [3.05, 3.63) is 53.5 Å². The SMILES string of the molecule is COCCN(Cc1ccc(C)o1)C(=O)CN(C(=O)Nc1ccc(C)cc1)C(C)C. The topological polar surface area (TPSA) is 75.0 Å². The summed E-state index contributed by atoms with van der Waals surface area (Å²) in [6.45, 7) is 8.75. The highest BCUT2D eigenvalue weighted by Gasteiger charge is 2.24. The lowest BCUT2D eigenvalue weighted by molar-refractivity contribution is -0.133. The number of carbonyl (C=O) groups is 2. The van der Waals surface area contributed by atoms with E-state index in [-0.39, 0.29) is 24.5 Å². The average Bonchev–Trinajstić information content (AvgIpc) is 3.09. The zero-order chi connectivity index (χ0) is 21.4. The molecule has 1 aromatic carbocycles. The molecular formula is C22H31N3O4. The maximum absolute atomic E-state index is 13.0. The summed E-state index contributed by atoms with van der Waals surface area (Å²) >= 11 is 0. The van der Waals surface area contributed by atoms with Gasteiger partial charge in [0.05, 0.1) is 13.2 Å². The maximum Gasteiger partial charge on any atom is 0.322 e. The van der Waals surface area contributed by atoms with Crippen LogP contribution in [-0.2, 0) is 16.1 Å². The summed E-state index contributed by atoms with van der Waals surface area (Å²) in [4.78, 5) is 28.9. The van der Waals surface area contributed by atoms with Crippen LogP contribution in [0.25, 0.3) is 0 Å². The van der Waals surface area contributed by atoms with Gasteiger partial charge in [0, 0.05) is 25.4 Å². The molecule has 1 aromatic heterocycles. The number of furan rings is 1. The molecule has 0 unspecified atom stereocenters. The third-order valence-electron chi connectivity index (χ3n) is 4.55. The first-order valence-electron chi connectivity index (χ1n) is 9.76. The van der Waals surface area contributed by atoms with Crippen LogP contribution in [0.4, 0.5) is 10.5 Å². The summed E-state index contributed by atoms with van der Waals surface area (Å²) in [7, 11) is 1.59. The lowest BCUT2D eigenvalue weighted by Gasteiger charge is -2.29. The van der Waals surface area contributed by atoms with Gasteiger partial charge in [-0.1, -0.05) is 17.7 Å². The highest BCUT2D eigenvalue weighted by atomic mass is 16.5. The number of aryl methyl sites for hydroxylation is 2. The van der Waals surface area contributed by atoms with Crippen molar-refractivity contribution in [2.45, 2.75) is 40.3 Å². The second-order valence-corrected chi connectivity index (χ2v) is 7.34. The first kappa shape index (κ1) is 22.5. The van der Waals surface area contributed by atoms with Gasteiger partial charge >= 0.3 is 6.03 Å². The number of hydrogen-bond acceptors (Lipinski definition) is 4. The Balaban J connectivity index is 2.07. The van der Waals surface area contributed by atoms with Crippen LogP contribution >= 0.6 is 0 Å².